The third-order valence-electron chi connectivity index (χ3n) is 4.54. The average molecular weight is 399 g/mol. The van der Waals surface area contributed by atoms with E-state index < -0.39 is 0 Å². The molecule has 0 aliphatic heterocycles. The summed E-state index contributed by atoms with van der Waals surface area (Å²) >= 11 is 12.2. The van der Waals surface area contributed by atoms with E-state index in [1.807, 2.05) is 30.3 Å². The molecule has 2 unspecified atom stereocenters. The van der Waals surface area contributed by atoms with E-state index in [4.69, 9.17) is 27.6 Å². The maximum atomic E-state index is 12.2. The molecule has 0 bridgehead atoms. The standard InChI is InChI=1S/C21H16Cl2N2O2/c22-14-6-8-19(23)18(10-14)20-9-7-15(27-20)12-24-25-21(26)17-11-16(17)13-4-2-1-3-5-13/h1-10,12,16-17H,11H2,(H,25,26). The number of carbonyl (C=O) groups is 1. The number of hydrazone groups is 1. The second-order valence-electron chi connectivity index (χ2n) is 6.42. The maximum Gasteiger partial charge on any atom is 0.243 e. The molecule has 2 aromatic carbocycles. The monoisotopic (exact) mass is 398 g/mol. The molecule has 4 rings (SSSR count). The van der Waals surface area contributed by atoms with Gasteiger partial charge in [0.05, 0.1) is 11.2 Å². The highest BCUT2D eigenvalue weighted by Gasteiger charge is 2.43. The Balaban J connectivity index is 1.36. The van der Waals surface area contributed by atoms with E-state index in [1.54, 1.807) is 30.3 Å². The van der Waals surface area contributed by atoms with Gasteiger partial charge in [0.25, 0.3) is 0 Å². The van der Waals surface area contributed by atoms with Crippen molar-refractivity contribution in [1.82, 2.24) is 5.43 Å². The van der Waals surface area contributed by atoms with Crippen LogP contribution < -0.4 is 5.43 Å². The predicted octanol–water partition coefficient (Wildman–Crippen LogP) is 5.51. The van der Waals surface area contributed by atoms with Crippen molar-refractivity contribution in [2.24, 2.45) is 11.0 Å². The summed E-state index contributed by atoms with van der Waals surface area (Å²) in [6, 6.07) is 18.8. The molecule has 0 radical (unpaired) electrons. The van der Waals surface area contributed by atoms with Crippen LogP contribution in [-0.2, 0) is 4.79 Å². The van der Waals surface area contributed by atoms with Crippen LogP contribution in [0.4, 0.5) is 0 Å². The number of amides is 1. The molecule has 1 amide bonds. The zero-order valence-corrected chi connectivity index (χ0v) is 15.7. The minimum absolute atomic E-state index is 0.0259. The van der Waals surface area contributed by atoms with Gasteiger partial charge in [0.1, 0.15) is 11.5 Å². The summed E-state index contributed by atoms with van der Waals surface area (Å²) in [7, 11) is 0. The van der Waals surface area contributed by atoms with E-state index >= 15 is 0 Å². The highest BCUT2D eigenvalue weighted by molar-refractivity contribution is 6.35. The minimum Gasteiger partial charge on any atom is -0.455 e. The number of carbonyl (C=O) groups excluding carboxylic acids is 1. The zero-order valence-electron chi connectivity index (χ0n) is 14.2. The Hall–Kier alpha value is -2.56. The molecule has 1 aliphatic carbocycles. The molecule has 1 aliphatic rings. The topological polar surface area (TPSA) is 54.6 Å². The summed E-state index contributed by atoms with van der Waals surface area (Å²) in [4.78, 5) is 12.2. The third-order valence-corrected chi connectivity index (χ3v) is 5.11. The van der Waals surface area contributed by atoms with Crippen molar-refractivity contribution in [1.29, 1.82) is 0 Å². The highest BCUT2D eigenvalue weighted by Crippen LogP contribution is 2.47. The number of benzene rings is 2. The molecule has 1 N–H and O–H groups in total. The second kappa shape index (κ2) is 7.59. The highest BCUT2D eigenvalue weighted by atomic mass is 35.5. The quantitative estimate of drug-likeness (QED) is 0.455. The summed E-state index contributed by atoms with van der Waals surface area (Å²) in [5.74, 6) is 1.27. The Kier molecular flexibility index (Phi) is 5.01. The first-order valence-corrected chi connectivity index (χ1v) is 9.30. The van der Waals surface area contributed by atoms with E-state index in [0.717, 1.165) is 6.42 Å². The molecular weight excluding hydrogens is 383 g/mol. The van der Waals surface area contributed by atoms with Crippen LogP contribution in [0.15, 0.2) is 70.2 Å². The van der Waals surface area contributed by atoms with Gasteiger partial charge in [-0.05, 0) is 48.2 Å². The van der Waals surface area contributed by atoms with E-state index in [0.29, 0.717) is 27.1 Å². The molecule has 3 aromatic rings. The molecule has 2 atom stereocenters. The van der Waals surface area contributed by atoms with Crippen LogP contribution >= 0.6 is 23.2 Å². The molecule has 136 valence electrons. The van der Waals surface area contributed by atoms with Gasteiger partial charge in [-0.3, -0.25) is 4.79 Å². The molecule has 1 saturated carbocycles. The molecule has 0 saturated heterocycles. The fraction of sp³-hybridized carbons (Fsp3) is 0.143. The summed E-state index contributed by atoms with van der Waals surface area (Å²) in [5, 5.41) is 5.12. The Labute approximate surface area is 166 Å². The van der Waals surface area contributed by atoms with E-state index in [9.17, 15) is 4.79 Å². The van der Waals surface area contributed by atoms with E-state index in [1.165, 1.54) is 11.8 Å². The first kappa shape index (κ1) is 17.8. The lowest BCUT2D eigenvalue weighted by Gasteiger charge is -2.01. The smallest absolute Gasteiger partial charge is 0.243 e. The molecule has 27 heavy (non-hydrogen) atoms. The number of furan rings is 1. The van der Waals surface area contributed by atoms with Gasteiger partial charge < -0.3 is 4.42 Å². The zero-order chi connectivity index (χ0) is 18.8. The van der Waals surface area contributed by atoms with Crippen molar-refractivity contribution in [3.63, 3.8) is 0 Å². The Morgan fingerprint density at radius 1 is 1.11 bits per heavy atom. The molecule has 0 spiro atoms. The first-order valence-electron chi connectivity index (χ1n) is 8.55. The third kappa shape index (κ3) is 4.07. The van der Waals surface area contributed by atoms with Crippen molar-refractivity contribution in [2.45, 2.75) is 12.3 Å². The average Bonchev–Trinajstić information content (AvgIpc) is 3.36. The molecule has 1 aromatic heterocycles. The second-order valence-corrected chi connectivity index (χ2v) is 7.26. The fourth-order valence-electron chi connectivity index (χ4n) is 3.05. The molecule has 6 heteroatoms. The summed E-state index contributed by atoms with van der Waals surface area (Å²) < 4.78 is 5.71. The number of rotatable bonds is 5. The Morgan fingerprint density at radius 3 is 2.74 bits per heavy atom. The largest absolute Gasteiger partial charge is 0.455 e. The van der Waals surface area contributed by atoms with Crippen molar-refractivity contribution in [2.75, 3.05) is 0 Å². The van der Waals surface area contributed by atoms with Crippen molar-refractivity contribution in [3.8, 4) is 11.3 Å². The maximum absolute atomic E-state index is 12.2. The summed E-state index contributed by atoms with van der Waals surface area (Å²) in [6.07, 6.45) is 2.32. The lowest BCUT2D eigenvalue weighted by Crippen LogP contribution is -2.20. The van der Waals surface area contributed by atoms with Gasteiger partial charge in [-0.15, -0.1) is 0 Å². The van der Waals surface area contributed by atoms with Gasteiger partial charge in [0.15, 0.2) is 0 Å². The Bertz CT molecular complexity index is 998. The van der Waals surface area contributed by atoms with Crippen LogP contribution in [0.5, 0.6) is 0 Å². The van der Waals surface area contributed by atoms with Crippen LogP contribution in [0, 0.1) is 5.92 Å². The summed E-state index contributed by atoms with van der Waals surface area (Å²) in [6.45, 7) is 0. The molecule has 1 fully saturated rings. The Morgan fingerprint density at radius 2 is 1.93 bits per heavy atom. The van der Waals surface area contributed by atoms with E-state index in [2.05, 4.69) is 10.5 Å². The first-order chi connectivity index (χ1) is 13.1. The number of nitrogens with zero attached hydrogens (tertiary/aromatic N) is 1. The van der Waals surface area contributed by atoms with Crippen molar-refractivity contribution in [3.05, 3.63) is 82.0 Å². The van der Waals surface area contributed by atoms with Crippen LogP contribution in [-0.4, -0.2) is 12.1 Å². The van der Waals surface area contributed by atoms with Gasteiger partial charge in [0, 0.05) is 16.5 Å². The van der Waals surface area contributed by atoms with Crippen LogP contribution in [0.2, 0.25) is 10.0 Å². The van der Waals surface area contributed by atoms with Gasteiger partial charge in [-0.2, -0.15) is 5.10 Å². The van der Waals surface area contributed by atoms with Crippen molar-refractivity contribution < 1.29 is 9.21 Å². The number of hydrogen-bond acceptors (Lipinski definition) is 3. The lowest BCUT2D eigenvalue weighted by molar-refractivity contribution is -0.122. The van der Waals surface area contributed by atoms with Crippen LogP contribution in [0.1, 0.15) is 23.7 Å². The van der Waals surface area contributed by atoms with E-state index in [-0.39, 0.29) is 17.7 Å². The SMILES string of the molecule is O=C(NN=Cc1ccc(-c2cc(Cl)ccc2Cl)o1)C1CC1c1ccccc1. The predicted molar refractivity (Wildman–Crippen MR) is 107 cm³/mol. The number of hydrogen-bond donors (Lipinski definition) is 1. The number of halogens is 2. The van der Waals surface area contributed by atoms with Crippen LogP contribution in [0.25, 0.3) is 11.3 Å². The fourth-order valence-corrected chi connectivity index (χ4v) is 3.43. The van der Waals surface area contributed by atoms with Gasteiger partial charge in [-0.25, -0.2) is 5.43 Å². The van der Waals surface area contributed by atoms with Gasteiger partial charge in [-0.1, -0.05) is 53.5 Å². The van der Waals surface area contributed by atoms with Gasteiger partial charge in [0.2, 0.25) is 5.91 Å². The molecule has 1 heterocycles. The minimum atomic E-state index is -0.0789. The van der Waals surface area contributed by atoms with Crippen molar-refractivity contribution >= 4 is 35.3 Å². The summed E-state index contributed by atoms with van der Waals surface area (Å²) in [5.41, 5.74) is 4.48. The molecule has 4 nitrogen and oxygen atoms in total. The van der Waals surface area contributed by atoms with Gasteiger partial charge >= 0.3 is 0 Å². The molecular formula is C21H16Cl2N2O2. The van der Waals surface area contributed by atoms with Crippen LogP contribution in [0.3, 0.4) is 0 Å². The number of nitrogens with one attached hydrogen (secondary N) is 1. The normalized spacial score (nSPS) is 18.6. The lowest BCUT2D eigenvalue weighted by atomic mass is 10.1.